The van der Waals surface area contributed by atoms with Crippen LogP contribution in [0.5, 0.6) is 0 Å². The molecule has 1 saturated carbocycles. The number of amides is 1. The summed E-state index contributed by atoms with van der Waals surface area (Å²) >= 11 is 0. The molecule has 1 saturated heterocycles. The molecule has 2 fully saturated rings. The molecule has 1 amide bonds. The largest absolute Gasteiger partial charge is 0.346 e. The number of carbonyl (C=O) groups excluding carboxylic acids is 1. The number of sulfonamides is 1. The second-order valence-corrected chi connectivity index (χ2v) is 12.4. The molecule has 2 aliphatic heterocycles. The Labute approximate surface area is 199 Å². The molecule has 4 heterocycles. The Morgan fingerprint density at radius 1 is 1.38 bits per heavy atom. The Kier molecular flexibility index (Phi) is 5.74. The number of nitrogens with zero attached hydrogens (tertiary/aromatic N) is 4. The van der Waals surface area contributed by atoms with Crippen molar-refractivity contribution in [2.24, 2.45) is 5.92 Å². The molecular weight excluding hydrogens is 452 g/mol. The smallest absolute Gasteiger partial charge is 0.228 e. The van der Waals surface area contributed by atoms with E-state index in [1.165, 1.54) is 9.88 Å². The van der Waals surface area contributed by atoms with Gasteiger partial charge in [-0.15, -0.1) is 0 Å². The van der Waals surface area contributed by atoms with Crippen molar-refractivity contribution in [3.8, 4) is 6.07 Å². The molecule has 0 unspecified atom stereocenters. The molecule has 2 N–H and O–H groups in total. The number of nitrogens with one attached hydrogen (secondary N) is 2. The van der Waals surface area contributed by atoms with Crippen LogP contribution in [0.25, 0.3) is 16.6 Å². The number of H-pyrrole nitrogens is 1. The lowest BCUT2D eigenvalue weighted by atomic mass is 9.84. The number of hydrogen-bond donors (Lipinski definition) is 2. The molecule has 0 atom stereocenters. The first kappa shape index (κ1) is 23.0. The van der Waals surface area contributed by atoms with E-state index in [0.29, 0.717) is 31.9 Å². The Morgan fingerprint density at radius 2 is 2.15 bits per heavy atom. The van der Waals surface area contributed by atoms with Gasteiger partial charge in [-0.3, -0.25) is 9.69 Å². The maximum absolute atomic E-state index is 12.6. The highest BCUT2D eigenvalue weighted by atomic mass is 32.2. The summed E-state index contributed by atoms with van der Waals surface area (Å²) in [6.07, 6.45) is 6.95. The second kappa shape index (κ2) is 8.48. The third-order valence-corrected chi connectivity index (χ3v) is 9.43. The molecule has 5 rings (SSSR count). The number of nitriles is 1. The van der Waals surface area contributed by atoms with E-state index >= 15 is 0 Å². The van der Waals surface area contributed by atoms with E-state index in [4.69, 9.17) is 0 Å². The molecule has 9 nitrogen and oxygen atoms in total. The first-order chi connectivity index (χ1) is 16.2. The molecule has 1 aliphatic carbocycles. The van der Waals surface area contributed by atoms with Crippen LogP contribution in [-0.4, -0.2) is 70.5 Å². The number of carbonyl (C=O) groups is 1. The average molecular weight is 483 g/mol. The van der Waals surface area contributed by atoms with Gasteiger partial charge in [0.05, 0.1) is 23.3 Å². The molecule has 2 aromatic rings. The molecule has 0 bridgehead atoms. The van der Waals surface area contributed by atoms with Crippen LogP contribution < -0.4 is 5.32 Å². The lowest BCUT2D eigenvalue weighted by molar-refractivity contribution is -0.117. The van der Waals surface area contributed by atoms with E-state index in [1.807, 2.05) is 18.3 Å². The van der Waals surface area contributed by atoms with Crippen LogP contribution in [0, 0.1) is 17.2 Å². The summed E-state index contributed by atoms with van der Waals surface area (Å²) in [5.74, 6) is 0.682. The van der Waals surface area contributed by atoms with Gasteiger partial charge in [-0.05, 0) is 56.4 Å². The predicted octanol–water partition coefficient (Wildman–Crippen LogP) is 2.71. The first-order valence-electron chi connectivity index (χ1n) is 11.8. The van der Waals surface area contributed by atoms with Crippen LogP contribution in [-0.2, 0) is 14.8 Å². The van der Waals surface area contributed by atoms with Gasteiger partial charge in [0.2, 0.25) is 15.9 Å². The zero-order valence-electron chi connectivity index (χ0n) is 19.5. The molecule has 0 radical (unpaired) electrons. The van der Waals surface area contributed by atoms with Crippen molar-refractivity contribution in [2.75, 3.05) is 31.5 Å². The minimum Gasteiger partial charge on any atom is -0.346 e. The van der Waals surface area contributed by atoms with Crippen LogP contribution >= 0.6 is 0 Å². The molecule has 0 aromatic carbocycles. The minimum atomic E-state index is -3.32. The third-order valence-electron chi connectivity index (χ3n) is 7.26. The minimum absolute atomic E-state index is 0.0255. The van der Waals surface area contributed by atoms with E-state index in [-0.39, 0.29) is 11.8 Å². The van der Waals surface area contributed by atoms with Crippen LogP contribution in [0.3, 0.4) is 0 Å². The summed E-state index contributed by atoms with van der Waals surface area (Å²) in [6.45, 7) is 5.48. The lowest BCUT2D eigenvalue weighted by Gasteiger charge is -2.55. The zero-order chi connectivity index (χ0) is 24.1. The summed E-state index contributed by atoms with van der Waals surface area (Å²) in [6, 6.07) is 6.22. The summed E-state index contributed by atoms with van der Waals surface area (Å²) < 4.78 is 26.6. The van der Waals surface area contributed by atoms with E-state index in [0.717, 1.165) is 42.4 Å². The topological polar surface area (TPSA) is 122 Å². The van der Waals surface area contributed by atoms with Crippen molar-refractivity contribution in [1.29, 1.82) is 5.26 Å². The van der Waals surface area contributed by atoms with Gasteiger partial charge in [-0.1, -0.05) is 6.08 Å². The van der Waals surface area contributed by atoms with E-state index in [2.05, 4.69) is 32.3 Å². The van der Waals surface area contributed by atoms with Gasteiger partial charge in [-0.25, -0.2) is 13.4 Å². The molecule has 2 aromatic heterocycles. The zero-order valence-corrected chi connectivity index (χ0v) is 20.4. The average Bonchev–Trinajstić information content (AvgIpc) is 3.53. The van der Waals surface area contributed by atoms with Gasteiger partial charge in [-0.2, -0.15) is 9.57 Å². The molecule has 10 heteroatoms. The maximum atomic E-state index is 12.6. The number of anilines is 1. The number of rotatable bonds is 7. The Balaban J connectivity index is 1.36. The van der Waals surface area contributed by atoms with Gasteiger partial charge in [0, 0.05) is 43.7 Å². The monoisotopic (exact) mass is 482 g/mol. The van der Waals surface area contributed by atoms with Gasteiger partial charge in [0.15, 0.2) is 0 Å². The Morgan fingerprint density at radius 3 is 2.76 bits per heavy atom. The maximum Gasteiger partial charge on any atom is 0.228 e. The number of pyridine rings is 1. The Bertz CT molecular complexity index is 1300. The van der Waals surface area contributed by atoms with Crippen LogP contribution in [0.4, 0.5) is 5.82 Å². The fraction of sp³-hybridized carbons (Fsp3) is 0.542. The van der Waals surface area contributed by atoms with Crippen molar-refractivity contribution >= 4 is 38.4 Å². The quantitative estimate of drug-likeness (QED) is 0.626. The number of fused-ring (bicyclic) bond motifs is 1. The summed E-state index contributed by atoms with van der Waals surface area (Å²) in [4.78, 5) is 22.2. The molecule has 180 valence electrons. The summed E-state index contributed by atoms with van der Waals surface area (Å²) in [5, 5.41) is 13.0. The molecule has 3 aliphatic rings. The van der Waals surface area contributed by atoms with Crippen molar-refractivity contribution in [2.45, 2.75) is 50.3 Å². The highest BCUT2D eigenvalue weighted by Gasteiger charge is 2.52. The highest BCUT2D eigenvalue weighted by Crippen LogP contribution is 2.38. The van der Waals surface area contributed by atoms with Gasteiger partial charge in [0.1, 0.15) is 11.5 Å². The lowest BCUT2D eigenvalue weighted by Crippen LogP contribution is -2.72. The standard InChI is InChI=1S/C24H30N6O3S/c1-16(2)34(32,33)30-14-24(15-30,8-9-25)29-11-6-17(7-12-29)20-13-21(28-23(31)18-3-4-18)27-22-19(20)5-10-26-22/h5-6,10,13,16,18H,3-4,7-8,11-12,14-15H2,1-2H3,(H2,26,27,28,31). The van der Waals surface area contributed by atoms with E-state index < -0.39 is 20.8 Å². The number of hydrogen-bond acceptors (Lipinski definition) is 6. The Hall–Kier alpha value is -2.74. The van der Waals surface area contributed by atoms with Crippen LogP contribution in [0.1, 0.15) is 45.1 Å². The third kappa shape index (κ3) is 4.02. The van der Waals surface area contributed by atoms with Crippen LogP contribution in [0.15, 0.2) is 24.4 Å². The first-order valence-corrected chi connectivity index (χ1v) is 13.3. The summed E-state index contributed by atoms with van der Waals surface area (Å²) in [7, 11) is -3.32. The molecular formula is C24H30N6O3S. The normalized spacial score (nSPS) is 21.2. The van der Waals surface area contributed by atoms with Crippen molar-refractivity contribution < 1.29 is 13.2 Å². The molecule has 34 heavy (non-hydrogen) atoms. The van der Waals surface area contributed by atoms with E-state index in [9.17, 15) is 18.5 Å². The SMILES string of the molecule is CC(C)S(=O)(=O)N1CC(CC#N)(N2CC=C(c3cc(NC(=O)C4CC4)nc4[nH]ccc34)CC2)C1. The fourth-order valence-electron chi connectivity index (χ4n) is 4.94. The van der Waals surface area contributed by atoms with Crippen molar-refractivity contribution in [3.63, 3.8) is 0 Å². The highest BCUT2D eigenvalue weighted by molar-refractivity contribution is 7.89. The fourth-order valence-corrected chi connectivity index (χ4v) is 6.38. The van der Waals surface area contributed by atoms with Gasteiger partial charge < -0.3 is 10.3 Å². The van der Waals surface area contributed by atoms with E-state index in [1.54, 1.807) is 13.8 Å². The number of aromatic amines is 1. The molecule has 0 spiro atoms. The van der Waals surface area contributed by atoms with Crippen molar-refractivity contribution in [1.82, 2.24) is 19.2 Å². The van der Waals surface area contributed by atoms with Crippen molar-refractivity contribution in [3.05, 3.63) is 30.0 Å². The van der Waals surface area contributed by atoms with Gasteiger partial charge >= 0.3 is 0 Å². The second-order valence-electron chi connectivity index (χ2n) is 9.90. The number of aromatic nitrogens is 2. The van der Waals surface area contributed by atoms with Crippen LogP contribution in [0.2, 0.25) is 0 Å². The summed E-state index contributed by atoms with van der Waals surface area (Å²) in [5.41, 5.74) is 2.51. The van der Waals surface area contributed by atoms with Gasteiger partial charge in [0.25, 0.3) is 0 Å². The predicted molar refractivity (Wildman–Crippen MR) is 130 cm³/mol.